The highest BCUT2D eigenvalue weighted by atomic mass is 32.2. The first kappa shape index (κ1) is 16.1. The van der Waals surface area contributed by atoms with Crippen LogP contribution in [-0.4, -0.2) is 15.0 Å². The van der Waals surface area contributed by atoms with Gasteiger partial charge < -0.3 is 5.73 Å². The van der Waals surface area contributed by atoms with Crippen molar-refractivity contribution in [3.8, 4) is 0 Å². The van der Waals surface area contributed by atoms with Gasteiger partial charge in [-0.15, -0.1) is 0 Å². The highest BCUT2D eigenvalue weighted by Crippen LogP contribution is 2.14. The molecule has 0 aliphatic heterocycles. The van der Waals surface area contributed by atoms with Crippen LogP contribution in [0.25, 0.3) is 0 Å². The quantitative estimate of drug-likeness (QED) is 0.755. The summed E-state index contributed by atoms with van der Waals surface area (Å²) in [6.45, 7) is 6.60. The zero-order valence-corrected chi connectivity index (χ0v) is 12.7. The third kappa shape index (κ3) is 5.30. The van der Waals surface area contributed by atoms with Gasteiger partial charge in [0.25, 0.3) is 0 Å². The van der Waals surface area contributed by atoms with E-state index in [9.17, 15) is 8.42 Å². The number of nitrogens with two attached hydrogens (primary N) is 1. The van der Waals surface area contributed by atoms with Gasteiger partial charge in [-0.25, -0.2) is 13.1 Å². The summed E-state index contributed by atoms with van der Waals surface area (Å²) < 4.78 is 26.7. The average Bonchev–Trinajstić information content (AvgIpc) is 2.34. The SMILES string of the molecule is CC(C)CCCNS(=O)(=O)c1ccc(C(C)N)cc1. The number of nitrogens with one attached hydrogen (secondary N) is 1. The van der Waals surface area contributed by atoms with Crippen LogP contribution in [0.4, 0.5) is 0 Å². The minimum Gasteiger partial charge on any atom is -0.324 e. The van der Waals surface area contributed by atoms with Crippen LogP contribution in [0, 0.1) is 5.92 Å². The lowest BCUT2D eigenvalue weighted by Crippen LogP contribution is -2.25. The molecular formula is C14H24N2O2S. The molecule has 0 saturated carbocycles. The molecule has 0 heterocycles. The Morgan fingerprint density at radius 3 is 2.21 bits per heavy atom. The average molecular weight is 284 g/mol. The van der Waals surface area contributed by atoms with E-state index in [1.165, 1.54) is 0 Å². The molecule has 0 spiro atoms. The van der Waals surface area contributed by atoms with Gasteiger partial charge in [0.1, 0.15) is 0 Å². The van der Waals surface area contributed by atoms with Gasteiger partial charge in [-0.2, -0.15) is 0 Å². The largest absolute Gasteiger partial charge is 0.324 e. The van der Waals surface area contributed by atoms with Gasteiger partial charge in [0.05, 0.1) is 4.90 Å². The van der Waals surface area contributed by atoms with Gasteiger partial charge >= 0.3 is 0 Å². The van der Waals surface area contributed by atoms with Gasteiger partial charge in [0.15, 0.2) is 0 Å². The molecule has 5 heteroatoms. The van der Waals surface area contributed by atoms with Crippen LogP contribution < -0.4 is 10.5 Å². The smallest absolute Gasteiger partial charge is 0.240 e. The molecule has 0 aromatic heterocycles. The van der Waals surface area contributed by atoms with E-state index < -0.39 is 10.0 Å². The van der Waals surface area contributed by atoms with E-state index in [1.54, 1.807) is 24.3 Å². The third-order valence-electron chi connectivity index (χ3n) is 2.97. The van der Waals surface area contributed by atoms with E-state index in [0.717, 1.165) is 18.4 Å². The zero-order valence-electron chi connectivity index (χ0n) is 11.9. The Morgan fingerprint density at radius 1 is 1.16 bits per heavy atom. The van der Waals surface area contributed by atoms with Crippen LogP contribution in [0.2, 0.25) is 0 Å². The molecular weight excluding hydrogens is 260 g/mol. The Kier molecular flexibility index (Phi) is 5.97. The summed E-state index contributed by atoms with van der Waals surface area (Å²) in [6.07, 6.45) is 1.88. The van der Waals surface area contributed by atoms with E-state index >= 15 is 0 Å². The number of hydrogen-bond donors (Lipinski definition) is 2. The van der Waals surface area contributed by atoms with Crippen molar-refractivity contribution >= 4 is 10.0 Å². The standard InChI is InChI=1S/C14H24N2O2S/c1-11(2)5-4-10-16-19(17,18)14-8-6-13(7-9-14)12(3)15/h6-9,11-12,16H,4-5,10,15H2,1-3H3. The van der Waals surface area contributed by atoms with Gasteiger partial charge in [-0.05, 0) is 43.4 Å². The van der Waals surface area contributed by atoms with Crippen molar-refractivity contribution in [3.05, 3.63) is 29.8 Å². The fraction of sp³-hybridized carbons (Fsp3) is 0.571. The van der Waals surface area contributed by atoms with Crippen LogP contribution in [0.3, 0.4) is 0 Å². The molecule has 1 unspecified atom stereocenters. The maximum absolute atomic E-state index is 12.0. The minimum absolute atomic E-state index is 0.0873. The van der Waals surface area contributed by atoms with Crippen molar-refractivity contribution in [2.75, 3.05) is 6.54 Å². The first-order valence-corrected chi connectivity index (χ1v) is 8.16. The lowest BCUT2D eigenvalue weighted by molar-refractivity contribution is 0.540. The van der Waals surface area contributed by atoms with Crippen molar-refractivity contribution in [1.29, 1.82) is 0 Å². The number of benzene rings is 1. The van der Waals surface area contributed by atoms with Crippen LogP contribution in [0.1, 0.15) is 45.2 Å². The monoisotopic (exact) mass is 284 g/mol. The fourth-order valence-electron chi connectivity index (χ4n) is 1.75. The summed E-state index contributed by atoms with van der Waals surface area (Å²) in [6, 6.07) is 6.63. The molecule has 108 valence electrons. The fourth-order valence-corrected chi connectivity index (χ4v) is 2.82. The summed E-state index contributed by atoms with van der Waals surface area (Å²) >= 11 is 0. The Balaban J connectivity index is 2.62. The van der Waals surface area contributed by atoms with Crippen molar-refractivity contribution in [2.24, 2.45) is 11.7 Å². The second-order valence-corrected chi connectivity index (χ2v) is 7.06. The van der Waals surface area contributed by atoms with Crippen molar-refractivity contribution in [1.82, 2.24) is 4.72 Å². The van der Waals surface area contributed by atoms with Crippen molar-refractivity contribution < 1.29 is 8.42 Å². The summed E-state index contributed by atoms with van der Waals surface area (Å²) in [5.41, 5.74) is 6.66. The molecule has 3 N–H and O–H groups in total. The van der Waals surface area contributed by atoms with Gasteiger partial charge in [-0.3, -0.25) is 0 Å². The molecule has 0 saturated heterocycles. The van der Waals surface area contributed by atoms with Crippen LogP contribution in [0.15, 0.2) is 29.2 Å². The zero-order chi connectivity index (χ0) is 14.5. The molecule has 0 aliphatic carbocycles. The number of hydrogen-bond acceptors (Lipinski definition) is 3. The Labute approximate surface area is 116 Å². The summed E-state index contributed by atoms with van der Waals surface area (Å²) in [7, 11) is -3.39. The van der Waals surface area contributed by atoms with Crippen LogP contribution >= 0.6 is 0 Å². The van der Waals surface area contributed by atoms with E-state index in [2.05, 4.69) is 18.6 Å². The Bertz CT molecular complexity index is 479. The topological polar surface area (TPSA) is 72.2 Å². The van der Waals surface area contributed by atoms with E-state index in [1.807, 2.05) is 6.92 Å². The predicted molar refractivity (Wildman–Crippen MR) is 78.3 cm³/mol. The predicted octanol–water partition coefficient (Wildman–Crippen LogP) is 2.42. The second kappa shape index (κ2) is 7.03. The first-order valence-electron chi connectivity index (χ1n) is 6.68. The van der Waals surface area contributed by atoms with Gasteiger partial charge in [0.2, 0.25) is 10.0 Å². The molecule has 19 heavy (non-hydrogen) atoms. The summed E-state index contributed by atoms with van der Waals surface area (Å²) in [4.78, 5) is 0.293. The molecule has 1 aromatic carbocycles. The van der Waals surface area contributed by atoms with Gasteiger partial charge in [-0.1, -0.05) is 26.0 Å². The van der Waals surface area contributed by atoms with Crippen molar-refractivity contribution in [3.63, 3.8) is 0 Å². The first-order chi connectivity index (χ1) is 8.83. The Morgan fingerprint density at radius 2 is 1.74 bits per heavy atom. The molecule has 0 fully saturated rings. The van der Waals surface area contributed by atoms with Crippen LogP contribution in [-0.2, 0) is 10.0 Å². The molecule has 0 radical (unpaired) electrons. The number of sulfonamides is 1. The molecule has 4 nitrogen and oxygen atoms in total. The van der Waals surface area contributed by atoms with Crippen molar-refractivity contribution in [2.45, 2.75) is 44.6 Å². The summed E-state index contributed by atoms with van der Waals surface area (Å²) in [5.74, 6) is 0.592. The molecule has 1 aromatic rings. The van der Waals surface area contributed by atoms with E-state index in [0.29, 0.717) is 17.4 Å². The highest BCUT2D eigenvalue weighted by Gasteiger charge is 2.13. The molecule has 0 amide bonds. The second-order valence-electron chi connectivity index (χ2n) is 5.29. The Hall–Kier alpha value is -0.910. The van der Waals surface area contributed by atoms with E-state index in [-0.39, 0.29) is 6.04 Å². The normalized spacial score (nSPS) is 13.7. The van der Waals surface area contributed by atoms with E-state index in [4.69, 9.17) is 5.73 Å². The molecule has 0 bridgehead atoms. The number of rotatable bonds is 7. The van der Waals surface area contributed by atoms with Gasteiger partial charge in [0, 0.05) is 12.6 Å². The molecule has 1 rings (SSSR count). The lowest BCUT2D eigenvalue weighted by atomic mass is 10.1. The molecule has 1 atom stereocenters. The highest BCUT2D eigenvalue weighted by molar-refractivity contribution is 7.89. The lowest BCUT2D eigenvalue weighted by Gasteiger charge is -2.09. The molecule has 0 aliphatic rings. The minimum atomic E-state index is -3.39. The maximum Gasteiger partial charge on any atom is 0.240 e. The maximum atomic E-state index is 12.0. The summed E-state index contributed by atoms with van der Waals surface area (Å²) in [5, 5.41) is 0. The third-order valence-corrected chi connectivity index (χ3v) is 4.44. The van der Waals surface area contributed by atoms with Crippen LogP contribution in [0.5, 0.6) is 0 Å².